The Morgan fingerprint density at radius 3 is 2.27 bits per heavy atom. The van der Waals surface area contributed by atoms with E-state index in [0.717, 1.165) is 16.7 Å². The van der Waals surface area contributed by atoms with Gasteiger partial charge in [-0.2, -0.15) is 0 Å². The van der Waals surface area contributed by atoms with E-state index in [1.165, 1.54) is 25.3 Å². The van der Waals surface area contributed by atoms with Crippen molar-refractivity contribution < 1.29 is 17.9 Å². The van der Waals surface area contributed by atoms with Crippen LogP contribution in [0.5, 0.6) is 5.75 Å². The molecule has 0 aromatic heterocycles. The molecule has 0 unspecified atom stereocenters. The first-order valence-electron chi connectivity index (χ1n) is 9.36. The van der Waals surface area contributed by atoms with E-state index in [9.17, 15) is 13.2 Å². The Balaban J connectivity index is 1.92. The fraction of sp³-hybridized carbons (Fsp3) is 0.174. The van der Waals surface area contributed by atoms with Crippen molar-refractivity contribution in [3.63, 3.8) is 0 Å². The molecule has 6 nitrogen and oxygen atoms in total. The lowest BCUT2D eigenvalue weighted by molar-refractivity contribution is 0.102. The highest BCUT2D eigenvalue weighted by Crippen LogP contribution is 2.29. The second-order valence-electron chi connectivity index (χ2n) is 7.04. The summed E-state index contributed by atoms with van der Waals surface area (Å²) in [7, 11) is -2.41. The number of ether oxygens (including phenoxy) is 1. The molecule has 156 valence electrons. The van der Waals surface area contributed by atoms with Gasteiger partial charge in [-0.3, -0.25) is 9.52 Å². The quantitative estimate of drug-likeness (QED) is 0.602. The third kappa shape index (κ3) is 4.63. The topological polar surface area (TPSA) is 84.5 Å². The van der Waals surface area contributed by atoms with Gasteiger partial charge in [0.1, 0.15) is 5.75 Å². The summed E-state index contributed by atoms with van der Waals surface area (Å²) >= 11 is 0. The summed E-state index contributed by atoms with van der Waals surface area (Å²) in [6.45, 7) is 5.70. The van der Waals surface area contributed by atoms with Gasteiger partial charge in [0.2, 0.25) is 0 Å². The van der Waals surface area contributed by atoms with Crippen LogP contribution in [0.4, 0.5) is 11.4 Å². The van der Waals surface area contributed by atoms with Gasteiger partial charge in [-0.15, -0.1) is 0 Å². The molecule has 0 aliphatic carbocycles. The highest BCUT2D eigenvalue weighted by molar-refractivity contribution is 7.92. The highest BCUT2D eigenvalue weighted by Gasteiger charge is 2.19. The summed E-state index contributed by atoms with van der Waals surface area (Å²) in [4.78, 5) is 12.6. The average molecular weight is 425 g/mol. The van der Waals surface area contributed by atoms with Crippen molar-refractivity contribution in [3.8, 4) is 5.75 Å². The lowest BCUT2D eigenvalue weighted by atomic mass is 10.1. The molecule has 3 aromatic carbocycles. The largest absolute Gasteiger partial charge is 0.495 e. The van der Waals surface area contributed by atoms with E-state index < -0.39 is 10.0 Å². The molecule has 0 fully saturated rings. The number of aryl methyl sites for hydroxylation is 2. The van der Waals surface area contributed by atoms with Crippen LogP contribution >= 0.6 is 0 Å². The van der Waals surface area contributed by atoms with Gasteiger partial charge < -0.3 is 10.1 Å². The van der Waals surface area contributed by atoms with E-state index in [4.69, 9.17) is 4.74 Å². The van der Waals surface area contributed by atoms with Gasteiger partial charge in [-0.25, -0.2) is 8.42 Å². The summed E-state index contributed by atoms with van der Waals surface area (Å²) < 4.78 is 33.8. The minimum absolute atomic E-state index is 0.0170. The van der Waals surface area contributed by atoms with E-state index in [1.807, 2.05) is 39.0 Å². The lowest BCUT2D eigenvalue weighted by Crippen LogP contribution is -2.16. The zero-order valence-electron chi connectivity index (χ0n) is 17.3. The summed E-state index contributed by atoms with van der Waals surface area (Å²) in [5.41, 5.74) is 4.11. The first-order valence-corrected chi connectivity index (χ1v) is 10.8. The van der Waals surface area contributed by atoms with Gasteiger partial charge in [-0.05, 0) is 68.3 Å². The fourth-order valence-corrected chi connectivity index (χ4v) is 4.07. The van der Waals surface area contributed by atoms with Crippen molar-refractivity contribution in [2.24, 2.45) is 0 Å². The second-order valence-corrected chi connectivity index (χ2v) is 8.72. The maximum absolute atomic E-state index is 12.9. The molecule has 0 aliphatic rings. The number of sulfonamides is 1. The van der Waals surface area contributed by atoms with Gasteiger partial charge >= 0.3 is 0 Å². The van der Waals surface area contributed by atoms with Crippen LogP contribution in [-0.4, -0.2) is 21.4 Å². The Bertz CT molecular complexity index is 1190. The van der Waals surface area contributed by atoms with Crippen molar-refractivity contribution in [2.75, 3.05) is 17.1 Å². The Kier molecular flexibility index (Phi) is 6.12. The molecule has 0 saturated carbocycles. The number of methoxy groups -OCH3 is 1. The smallest absolute Gasteiger partial charge is 0.261 e. The molecule has 7 heteroatoms. The first-order chi connectivity index (χ1) is 14.2. The molecule has 30 heavy (non-hydrogen) atoms. The van der Waals surface area contributed by atoms with Gasteiger partial charge in [0, 0.05) is 5.56 Å². The molecule has 0 aliphatic heterocycles. The molecule has 0 saturated heterocycles. The molecular formula is C23H24N2O4S. The number of amides is 1. The van der Waals surface area contributed by atoms with E-state index in [2.05, 4.69) is 10.0 Å². The van der Waals surface area contributed by atoms with Crippen molar-refractivity contribution in [1.29, 1.82) is 0 Å². The Labute approximate surface area is 177 Å². The van der Waals surface area contributed by atoms with Crippen LogP contribution < -0.4 is 14.8 Å². The van der Waals surface area contributed by atoms with Crippen LogP contribution in [0.15, 0.2) is 65.6 Å². The molecule has 1 amide bonds. The zero-order valence-corrected chi connectivity index (χ0v) is 18.1. The van der Waals surface area contributed by atoms with Crippen LogP contribution in [0, 0.1) is 20.8 Å². The predicted octanol–water partition coefficient (Wildman–Crippen LogP) is 4.67. The van der Waals surface area contributed by atoms with Gasteiger partial charge in [-0.1, -0.05) is 29.8 Å². The number of nitrogens with one attached hydrogen (secondary N) is 2. The molecule has 0 spiro atoms. The Morgan fingerprint density at radius 2 is 1.60 bits per heavy atom. The summed E-state index contributed by atoms with van der Waals surface area (Å²) in [6.07, 6.45) is 0. The molecule has 2 N–H and O–H groups in total. The molecule has 0 heterocycles. The second kappa shape index (κ2) is 8.59. The fourth-order valence-electron chi connectivity index (χ4n) is 2.92. The number of rotatable bonds is 6. The van der Waals surface area contributed by atoms with Crippen LogP contribution in [0.1, 0.15) is 27.0 Å². The van der Waals surface area contributed by atoms with Crippen LogP contribution in [0.25, 0.3) is 0 Å². The molecule has 0 radical (unpaired) electrons. The summed E-state index contributed by atoms with van der Waals surface area (Å²) in [5.74, 6) is 0.00600. The first kappa shape index (κ1) is 21.4. The highest BCUT2D eigenvalue weighted by atomic mass is 32.2. The molecule has 3 rings (SSSR count). The third-order valence-corrected chi connectivity index (χ3v) is 6.26. The number of hydrogen-bond acceptors (Lipinski definition) is 4. The van der Waals surface area contributed by atoms with Crippen molar-refractivity contribution >= 4 is 27.3 Å². The molecule has 0 atom stereocenters. The van der Waals surface area contributed by atoms with Crippen molar-refractivity contribution in [2.45, 2.75) is 25.7 Å². The minimum atomic E-state index is -3.86. The Hall–Kier alpha value is -3.32. The predicted molar refractivity (Wildman–Crippen MR) is 119 cm³/mol. The monoisotopic (exact) mass is 424 g/mol. The normalized spacial score (nSPS) is 11.1. The molecule has 0 bridgehead atoms. The Morgan fingerprint density at radius 1 is 0.900 bits per heavy atom. The van der Waals surface area contributed by atoms with E-state index >= 15 is 0 Å². The van der Waals surface area contributed by atoms with Crippen LogP contribution in [0.2, 0.25) is 0 Å². The minimum Gasteiger partial charge on any atom is -0.495 e. The number of carbonyl (C=O) groups excluding carboxylic acids is 1. The van der Waals surface area contributed by atoms with Gasteiger partial charge in [0.05, 0.1) is 23.4 Å². The van der Waals surface area contributed by atoms with Crippen LogP contribution in [-0.2, 0) is 10.0 Å². The summed E-state index contributed by atoms with van der Waals surface area (Å²) in [5, 5.41) is 2.74. The van der Waals surface area contributed by atoms with Crippen LogP contribution in [0.3, 0.4) is 0 Å². The molecule has 3 aromatic rings. The van der Waals surface area contributed by atoms with Gasteiger partial charge in [0.25, 0.3) is 15.9 Å². The van der Waals surface area contributed by atoms with Gasteiger partial charge in [0.15, 0.2) is 0 Å². The van der Waals surface area contributed by atoms with Crippen molar-refractivity contribution in [1.82, 2.24) is 0 Å². The van der Waals surface area contributed by atoms with E-state index in [0.29, 0.717) is 17.0 Å². The van der Waals surface area contributed by atoms with E-state index in [-0.39, 0.29) is 16.5 Å². The number of anilines is 2. The lowest BCUT2D eigenvalue weighted by Gasteiger charge is -2.15. The summed E-state index contributed by atoms with van der Waals surface area (Å²) in [6, 6.07) is 16.8. The maximum atomic E-state index is 12.9. The zero-order chi connectivity index (χ0) is 21.9. The maximum Gasteiger partial charge on any atom is 0.261 e. The number of carbonyl (C=O) groups is 1. The number of benzene rings is 3. The average Bonchev–Trinajstić information content (AvgIpc) is 2.71. The standard InChI is InChI=1S/C23H24N2O4S/c1-15-8-10-18(11-9-15)23(26)24-21-14-19(12-13-22(21)29-4)30(27,28)25-20-7-5-6-16(2)17(20)3/h5-14,25H,1-4H3,(H,24,26). The third-order valence-electron chi connectivity index (χ3n) is 4.89. The van der Waals surface area contributed by atoms with E-state index in [1.54, 1.807) is 24.3 Å². The SMILES string of the molecule is COc1ccc(S(=O)(=O)Nc2cccc(C)c2C)cc1NC(=O)c1ccc(C)cc1. The van der Waals surface area contributed by atoms with Crippen molar-refractivity contribution in [3.05, 3.63) is 82.9 Å². The number of hydrogen-bond donors (Lipinski definition) is 2. The molecular weight excluding hydrogens is 400 g/mol.